The van der Waals surface area contributed by atoms with Gasteiger partial charge in [-0.15, -0.1) is 0 Å². The van der Waals surface area contributed by atoms with Crippen molar-refractivity contribution in [2.24, 2.45) is 22.8 Å². The summed E-state index contributed by atoms with van der Waals surface area (Å²) in [6, 6.07) is 7.71. The number of aromatic amines is 1. The Morgan fingerprint density at radius 2 is 1.10 bits per heavy atom. The molecule has 33 nitrogen and oxygen atoms in total. The van der Waals surface area contributed by atoms with Crippen LogP contribution in [0.1, 0.15) is 136 Å². The third-order valence-electron chi connectivity index (χ3n) is 19.0. The highest BCUT2D eigenvalue weighted by molar-refractivity contribution is 7.98. The maximum Gasteiger partial charge on any atom is 0.303 e. The molecule has 12 amide bonds. The fraction of sp³-hybridized carbons (Fsp3) is 0.506. The van der Waals surface area contributed by atoms with Crippen LogP contribution < -0.4 is 70.0 Å². The Morgan fingerprint density at radius 3 is 1.67 bits per heavy atom. The number of aliphatic hydroxyl groups is 2. The number of amides is 12. The summed E-state index contributed by atoms with van der Waals surface area (Å²) in [5.41, 5.74) is 9.96. The van der Waals surface area contributed by atoms with Gasteiger partial charge in [0, 0.05) is 72.9 Å². The van der Waals surface area contributed by atoms with Crippen molar-refractivity contribution in [2.45, 2.75) is 216 Å². The van der Waals surface area contributed by atoms with Crippen LogP contribution in [0.5, 0.6) is 11.5 Å². The molecule has 5 aromatic rings. The number of thioether (sulfide) groups is 2. The number of hydrogen-bond acceptors (Lipinski definition) is 21. The van der Waals surface area contributed by atoms with Crippen molar-refractivity contribution in [3.05, 3.63) is 125 Å². The number of nitrogens with zero attached hydrogens (tertiary/aromatic N) is 1. The van der Waals surface area contributed by atoms with Crippen molar-refractivity contribution < 1.29 is 87.9 Å². The quantitative estimate of drug-likeness (QED) is 0.0568. The lowest BCUT2D eigenvalue weighted by Crippen LogP contribution is -2.67. The molecular weight excluding hydrogens is 1490 g/mol. The summed E-state index contributed by atoms with van der Waals surface area (Å²) in [5, 5.41) is 82.0. The number of rotatable bonds is 17. The minimum atomic E-state index is -2.08. The number of aromatic nitrogens is 2. The fourth-order valence-corrected chi connectivity index (χ4v) is 13.8. The van der Waals surface area contributed by atoms with Crippen LogP contribution in [0.3, 0.4) is 0 Å². The zero-order chi connectivity index (χ0) is 82.9. The van der Waals surface area contributed by atoms with Gasteiger partial charge in [-0.25, -0.2) is 4.98 Å². The number of carbonyl (C=O) groups is 13. The van der Waals surface area contributed by atoms with Gasteiger partial charge >= 0.3 is 5.97 Å². The van der Waals surface area contributed by atoms with Crippen molar-refractivity contribution >= 4 is 111 Å². The standard InChI is InChI=1S/C77H107N15O18S2/c1-41(2)77(10)74(110)90-61(43(4)94)71(107)86-57(63(79)100)40-112-39-47-16-13-15-46(33-47)38-111-32-29-58(97)88-62(75(5,6)7)72(108)85-54(34-44-19-23-49(95)24-20-44)67(103)82-52(18-11-12-30-78)66(102)89-60(42(3)93)70(106)84-56(36-48-37-81-64-51(48)17-14-31-80-64)68(104)91-76(8,9)73(109)87-53(27-28-59(98)99)65(101)83-55(69(105)92-77)35-45-21-25-50(96)26-22-45/h13-17,19-26,31,33,37,41-43,52-57,60-62,93-96H,11-12,18,27-30,32,34-36,38-40,78H2,1-10H3,(H2,79,100)(H,80,81)(H,82,103)(H,83,101)(H,84,106)(H,85,108)(H,86,107)(H,87,109)(H,88,97)(H,89,102)(H,90,110)(H,91,104)(H,92,105)(H,98,99)/t42-,43-,52+,53+,54+,55+,56+,57-,60?,61+,62-,77+/m1/s1. The molecule has 21 N–H and O–H groups in total. The predicted octanol–water partition coefficient (Wildman–Crippen LogP) is 0.648. The number of carboxylic acid groups (broad SMARTS) is 1. The molecule has 2 aromatic heterocycles. The molecular formula is C77H107N15O18S2. The summed E-state index contributed by atoms with van der Waals surface area (Å²) in [4.78, 5) is 193. The number of benzene rings is 3. The molecule has 35 heteroatoms. The SMILES string of the molecule is CC(C)[C@]1(C)NC(=O)[C@H](Cc2ccc(O)cc2)NC(=O)[C@H](CCC(=O)O)NC(=O)C(C)(C)NC(=O)[C@H](Cc2c[nH]c3ncccc23)NC(=O)C([C@@H](C)O)NC(=O)[C@H](CCCCN)NC(=O)[C@H](Cc2ccc(O)cc2)NC(=O)[C@H](C(C)(C)C)NC(=O)CCSCc2cccc(c2)CSC[C@H](C(N)=O)NC(=O)[C@H]([C@@H](C)O)NC1=O. The Bertz CT molecular complexity index is 4140. The molecule has 0 radical (unpaired) electrons. The number of nitrogens with one attached hydrogen (secondary N) is 12. The van der Waals surface area contributed by atoms with Gasteiger partial charge in [-0.05, 0) is 142 Å². The van der Waals surface area contributed by atoms with E-state index in [2.05, 4.69) is 68.5 Å². The Hall–Kier alpha value is -10.4. The summed E-state index contributed by atoms with van der Waals surface area (Å²) in [6.07, 6.45) is -2.12. The van der Waals surface area contributed by atoms with Crippen LogP contribution in [-0.2, 0) is 93.1 Å². The second-order valence-electron chi connectivity index (χ2n) is 30.0. The third-order valence-corrected chi connectivity index (χ3v) is 21.1. The topological polar surface area (TPSA) is 536 Å². The molecule has 3 heterocycles. The molecule has 610 valence electrons. The first-order chi connectivity index (χ1) is 52.7. The van der Waals surface area contributed by atoms with Gasteiger partial charge in [0.15, 0.2) is 0 Å². The molecule has 1 unspecified atom stereocenters. The minimum absolute atomic E-state index is 0.0357. The van der Waals surface area contributed by atoms with E-state index < -0.39 is 179 Å². The number of phenols is 2. The highest BCUT2D eigenvalue weighted by Gasteiger charge is 2.45. The minimum Gasteiger partial charge on any atom is -0.508 e. The Balaban J connectivity index is 1.39. The van der Waals surface area contributed by atoms with Crippen LogP contribution in [0.25, 0.3) is 11.0 Å². The number of fused-ring (bicyclic) bond motifs is 3. The number of aliphatic hydroxyl groups excluding tert-OH is 2. The van der Waals surface area contributed by atoms with Crippen LogP contribution in [0, 0.1) is 11.3 Å². The normalized spacial score (nSPS) is 24.2. The molecule has 2 bridgehead atoms. The van der Waals surface area contributed by atoms with Crippen molar-refractivity contribution in [2.75, 3.05) is 18.1 Å². The number of hydrogen-bond donors (Lipinski definition) is 19. The zero-order valence-corrected chi connectivity index (χ0v) is 66.2. The summed E-state index contributed by atoms with van der Waals surface area (Å²) < 4.78 is 0. The summed E-state index contributed by atoms with van der Waals surface area (Å²) in [6.45, 7) is 14.6. The molecule has 0 fully saturated rings. The van der Waals surface area contributed by atoms with Crippen LogP contribution in [0.4, 0.5) is 0 Å². The molecule has 6 rings (SSSR count). The highest BCUT2D eigenvalue weighted by Crippen LogP contribution is 2.26. The van der Waals surface area contributed by atoms with Gasteiger partial charge in [0.05, 0.1) is 12.2 Å². The highest BCUT2D eigenvalue weighted by atomic mass is 32.2. The monoisotopic (exact) mass is 1590 g/mol. The smallest absolute Gasteiger partial charge is 0.303 e. The van der Waals surface area contributed by atoms with E-state index in [1.165, 1.54) is 119 Å². The average molecular weight is 1590 g/mol. The van der Waals surface area contributed by atoms with Gasteiger partial charge < -0.3 is 100 Å². The lowest BCUT2D eigenvalue weighted by Gasteiger charge is -2.36. The number of nitrogens with two attached hydrogens (primary N) is 2. The number of unbranched alkanes of at least 4 members (excludes halogenated alkanes) is 1. The van der Waals surface area contributed by atoms with Gasteiger partial charge in [-0.2, -0.15) is 23.5 Å². The maximum atomic E-state index is 15.0. The summed E-state index contributed by atoms with van der Waals surface area (Å²) in [7, 11) is 0. The number of phenolic OH excluding ortho intramolecular Hbond substituents is 2. The van der Waals surface area contributed by atoms with E-state index in [9.17, 15) is 87.9 Å². The van der Waals surface area contributed by atoms with Gasteiger partial charge in [-0.1, -0.05) is 83.1 Å². The Morgan fingerprint density at radius 1 is 0.580 bits per heavy atom. The average Bonchev–Trinajstić information content (AvgIpc) is 1.04. The lowest BCUT2D eigenvalue weighted by atomic mass is 9.85. The number of H-pyrrole nitrogens is 1. The van der Waals surface area contributed by atoms with E-state index in [-0.39, 0.29) is 62.3 Å². The zero-order valence-electron chi connectivity index (χ0n) is 64.5. The number of pyridine rings is 1. The first-order valence-electron chi connectivity index (χ1n) is 36.8. The first kappa shape index (κ1) is 90.5. The molecule has 0 spiro atoms. The van der Waals surface area contributed by atoms with E-state index >= 15 is 0 Å². The summed E-state index contributed by atoms with van der Waals surface area (Å²) >= 11 is 2.67. The van der Waals surface area contributed by atoms with Gasteiger partial charge in [-0.3, -0.25) is 62.3 Å². The van der Waals surface area contributed by atoms with Gasteiger partial charge in [0.25, 0.3) is 0 Å². The molecule has 0 aliphatic carbocycles. The van der Waals surface area contributed by atoms with E-state index in [4.69, 9.17) is 11.5 Å². The summed E-state index contributed by atoms with van der Waals surface area (Å²) in [5.74, 6) is -13.0. The van der Waals surface area contributed by atoms with Crippen molar-refractivity contribution in [1.82, 2.24) is 68.5 Å². The molecule has 3 aromatic carbocycles. The van der Waals surface area contributed by atoms with Crippen molar-refractivity contribution in [3.8, 4) is 11.5 Å². The van der Waals surface area contributed by atoms with Gasteiger partial charge in [0.2, 0.25) is 70.9 Å². The second-order valence-corrected chi connectivity index (χ2v) is 32.1. The molecule has 0 saturated carbocycles. The van der Waals surface area contributed by atoms with Crippen LogP contribution >= 0.6 is 23.5 Å². The molecule has 112 heavy (non-hydrogen) atoms. The van der Waals surface area contributed by atoms with Crippen LogP contribution in [0.2, 0.25) is 0 Å². The van der Waals surface area contributed by atoms with E-state index in [0.29, 0.717) is 51.4 Å². The van der Waals surface area contributed by atoms with Crippen molar-refractivity contribution in [1.29, 1.82) is 0 Å². The number of carbonyl (C=O) groups excluding carboxylic acids is 12. The van der Waals surface area contributed by atoms with E-state index in [0.717, 1.165) is 11.1 Å². The Kier molecular flexibility index (Phi) is 33.8. The fourth-order valence-electron chi connectivity index (χ4n) is 11.9. The third kappa shape index (κ3) is 27.2. The first-order valence-corrected chi connectivity index (χ1v) is 39.2. The van der Waals surface area contributed by atoms with Crippen LogP contribution in [0.15, 0.2) is 97.3 Å². The predicted molar refractivity (Wildman–Crippen MR) is 420 cm³/mol. The lowest BCUT2D eigenvalue weighted by molar-refractivity contribution is -0.141. The molecule has 1 aliphatic heterocycles. The second kappa shape index (κ2) is 41.8. The number of carboxylic acids is 1. The number of aliphatic carboxylic acids is 1. The number of primary amides is 1. The Labute approximate surface area is 658 Å². The maximum absolute atomic E-state index is 15.0. The van der Waals surface area contributed by atoms with E-state index in [1.54, 1.807) is 46.8 Å². The van der Waals surface area contributed by atoms with E-state index in [1.807, 2.05) is 24.3 Å². The van der Waals surface area contributed by atoms with Crippen LogP contribution in [-0.4, -0.2) is 208 Å². The molecule has 1 aliphatic rings. The largest absolute Gasteiger partial charge is 0.508 e. The molecule has 12 atom stereocenters. The number of aromatic hydroxyl groups is 2. The molecule has 0 saturated heterocycles. The van der Waals surface area contributed by atoms with Crippen molar-refractivity contribution in [3.63, 3.8) is 0 Å². The van der Waals surface area contributed by atoms with Gasteiger partial charge in [0.1, 0.15) is 82.6 Å².